The highest BCUT2D eigenvalue weighted by atomic mass is 19.4. The van der Waals surface area contributed by atoms with Crippen LogP contribution in [0.2, 0.25) is 6.32 Å². The lowest BCUT2D eigenvalue weighted by Gasteiger charge is -2.35. The van der Waals surface area contributed by atoms with Crippen molar-refractivity contribution in [3.63, 3.8) is 0 Å². The molecule has 0 aromatic carbocycles. The van der Waals surface area contributed by atoms with Crippen molar-refractivity contribution in [2.75, 3.05) is 13.1 Å². The summed E-state index contributed by atoms with van der Waals surface area (Å²) in [4.78, 5) is 13.1. The van der Waals surface area contributed by atoms with Gasteiger partial charge in [-0.15, -0.1) is 0 Å². The topological polar surface area (TPSA) is 29.5 Å². The highest BCUT2D eigenvalue weighted by Crippen LogP contribution is 2.28. The highest BCUT2D eigenvalue weighted by molar-refractivity contribution is 6.58. The van der Waals surface area contributed by atoms with Crippen LogP contribution in [-0.2, 0) is 4.74 Å². The Morgan fingerprint density at radius 1 is 1.39 bits per heavy atom. The smallest absolute Gasteiger partial charge is 0.449 e. The SMILES string of the molecule is CC(C)(C)OC(=O)N1CCCC(C[B-](F)(F)F)C1. The third kappa shape index (κ3) is 5.64. The van der Waals surface area contributed by atoms with E-state index in [4.69, 9.17) is 4.74 Å². The van der Waals surface area contributed by atoms with Crippen LogP contribution < -0.4 is 0 Å². The van der Waals surface area contributed by atoms with E-state index in [0.717, 1.165) is 0 Å². The van der Waals surface area contributed by atoms with Crippen LogP contribution >= 0.6 is 0 Å². The molecule has 0 aromatic rings. The third-order valence-corrected chi connectivity index (χ3v) is 2.77. The van der Waals surface area contributed by atoms with Gasteiger partial charge in [0.25, 0.3) is 0 Å². The number of amides is 1. The molecule has 0 aromatic heterocycles. The minimum atomic E-state index is -4.78. The van der Waals surface area contributed by atoms with E-state index in [9.17, 15) is 17.7 Å². The zero-order valence-electron chi connectivity index (χ0n) is 11.1. The Morgan fingerprint density at radius 2 is 2.00 bits per heavy atom. The predicted molar refractivity (Wildman–Crippen MR) is 64.4 cm³/mol. The fourth-order valence-corrected chi connectivity index (χ4v) is 2.13. The molecule has 0 N–H and O–H groups in total. The predicted octanol–water partition coefficient (Wildman–Crippen LogP) is 3.48. The summed E-state index contributed by atoms with van der Waals surface area (Å²) in [6.45, 7) is 1.07. The highest BCUT2D eigenvalue weighted by Gasteiger charge is 2.32. The van der Waals surface area contributed by atoms with Crippen molar-refractivity contribution in [1.82, 2.24) is 4.90 Å². The maximum absolute atomic E-state index is 12.4. The number of nitrogens with zero attached hydrogens (tertiary/aromatic N) is 1. The molecule has 1 aliphatic heterocycles. The van der Waals surface area contributed by atoms with E-state index in [-0.39, 0.29) is 6.54 Å². The number of halogens is 3. The van der Waals surface area contributed by atoms with Gasteiger partial charge in [0.05, 0.1) is 0 Å². The van der Waals surface area contributed by atoms with Gasteiger partial charge in [-0.2, -0.15) is 0 Å². The lowest BCUT2D eigenvalue weighted by atomic mass is 9.75. The number of piperidine rings is 1. The number of ether oxygens (including phenoxy) is 1. The fraction of sp³-hybridized carbons (Fsp3) is 0.909. The number of carbonyl (C=O) groups excluding carboxylic acids is 1. The molecular weight excluding hydrogens is 246 g/mol. The number of carbonyl (C=O) groups is 1. The Morgan fingerprint density at radius 3 is 2.50 bits per heavy atom. The van der Waals surface area contributed by atoms with Crippen LogP contribution in [0, 0.1) is 5.92 Å². The van der Waals surface area contributed by atoms with Crippen LogP contribution in [0.3, 0.4) is 0 Å². The monoisotopic (exact) mass is 266 g/mol. The Bertz CT molecular complexity index is 302. The number of rotatable bonds is 2. The van der Waals surface area contributed by atoms with Crippen molar-refractivity contribution in [1.29, 1.82) is 0 Å². The minimum absolute atomic E-state index is 0.149. The first kappa shape index (κ1) is 15.2. The molecule has 1 atom stereocenters. The van der Waals surface area contributed by atoms with Crippen LogP contribution in [-0.4, -0.2) is 36.7 Å². The van der Waals surface area contributed by atoms with Crippen molar-refractivity contribution in [2.45, 2.75) is 45.5 Å². The van der Waals surface area contributed by atoms with Gasteiger partial charge in [-0.25, -0.2) is 4.79 Å². The van der Waals surface area contributed by atoms with Gasteiger partial charge in [0.15, 0.2) is 0 Å². The van der Waals surface area contributed by atoms with Gasteiger partial charge in [-0.3, -0.25) is 0 Å². The molecule has 1 saturated heterocycles. The quantitative estimate of drug-likeness (QED) is 0.716. The third-order valence-electron chi connectivity index (χ3n) is 2.77. The summed E-state index contributed by atoms with van der Waals surface area (Å²) < 4.78 is 42.3. The van der Waals surface area contributed by atoms with Gasteiger partial charge >= 0.3 is 13.1 Å². The maximum Gasteiger partial charge on any atom is 0.478 e. The maximum atomic E-state index is 12.4. The van der Waals surface area contributed by atoms with E-state index >= 15 is 0 Å². The second-order valence-corrected chi connectivity index (χ2v) is 5.88. The van der Waals surface area contributed by atoms with Crippen molar-refractivity contribution < 1.29 is 22.5 Å². The van der Waals surface area contributed by atoms with Crippen LogP contribution in [0.25, 0.3) is 0 Å². The van der Waals surface area contributed by atoms with Crippen molar-refractivity contribution in [2.24, 2.45) is 5.92 Å². The molecule has 106 valence electrons. The van der Waals surface area contributed by atoms with E-state index in [0.29, 0.717) is 19.4 Å². The van der Waals surface area contributed by atoms with Crippen LogP contribution in [0.15, 0.2) is 0 Å². The summed E-state index contributed by atoms with van der Waals surface area (Å²) in [5.41, 5.74) is -0.613. The summed E-state index contributed by atoms with van der Waals surface area (Å²) >= 11 is 0. The van der Waals surface area contributed by atoms with Crippen LogP contribution in [0.5, 0.6) is 0 Å². The van der Waals surface area contributed by atoms with Gasteiger partial charge < -0.3 is 22.6 Å². The lowest BCUT2D eigenvalue weighted by Crippen LogP contribution is -2.43. The average Bonchev–Trinajstić information content (AvgIpc) is 2.12. The number of hydrogen-bond acceptors (Lipinski definition) is 2. The molecule has 0 aliphatic carbocycles. The van der Waals surface area contributed by atoms with Gasteiger partial charge in [0.1, 0.15) is 5.60 Å². The molecule has 1 unspecified atom stereocenters. The van der Waals surface area contributed by atoms with Crippen molar-refractivity contribution >= 4 is 13.1 Å². The van der Waals surface area contributed by atoms with Crippen LogP contribution in [0.1, 0.15) is 33.6 Å². The van der Waals surface area contributed by atoms with Gasteiger partial charge in [-0.1, -0.05) is 6.32 Å². The standard InChI is InChI=1S/C11H20BF3NO2/c1-11(2,3)18-10(17)16-6-4-5-9(8-16)7-12(13,14)15/h9H,4-8H2,1-3H3/q-1. The second-order valence-electron chi connectivity index (χ2n) is 5.88. The van der Waals surface area contributed by atoms with E-state index in [2.05, 4.69) is 0 Å². The molecule has 1 amide bonds. The molecule has 0 spiro atoms. The molecule has 1 heterocycles. The Balaban J connectivity index is 2.51. The first-order valence-electron chi connectivity index (χ1n) is 6.26. The van der Waals surface area contributed by atoms with Crippen LogP contribution in [0.4, 0.5) is 17.7 Å². The molecule has 18 heavy (non-hydrogen) atoms. The Hall–Kier alpha value is -0.875. The first-order chi connectivity index (χ1) is 8.07. The van der Waals surface area contributed by atoms with Gasteiger partial charge in [0, 0.05) is 13.1 Å². The Labute approximate surface area is 106 Å². The zero-order valence-corrected chi connectivity index (χ0v) is 11.1. The van der Waals surface area contributed by atoms with E-state index in [1.54, 1.807) is 20.8 Å². The summed E-state index contributed by atoms with van der Waals surface area (Å²) in [6, 6.07) is 0. The summed E-state index contributed by atoms with van der Waals surface area (Å²) in [5.74, 6) is -0.480. The summed E-state index contributed by atoms with van der Waals surface area (Å²) in [7, 11) is 0. The minimum Gasteiger partial charge on any atom is -0.449 e. The number of likely N-dealkylation sites (tertiary alicyclic amines) is 1. The van der Waals surface area contributed by atoms with Crippen molar-refractivity contribution in [3.05, 3.63) is 0 Å². The molecule has 1 rings (SSSR count). The van der Waals surface area contributed by atoms with E-state index in [1.165, 1.54) is 4.90 Å². The molecule has 0 saturated carbocycles. The number of hydrogen-bond donors (Lipinski definition) is 0. The van der Waals surface area contributed by atoms with E-state index in [1.807, 2.05) is 0 Å². The van der Waals surface area contributed by atoms with E-state index < -0.39 is 30.9 Å². The zero-order chi connectivity index (χ0) is 14.0. The normalized spacial score (nSPS) is 21.9. The summed E-state index contributed by atoms with van der Waals surface area (Å²) in [5, 5.41) is 0. The van der Waals surface area contributed by atoms with Gasteiger partial charge in [-0.05, 0) is 39.5 Å². The second kappa shape index (κ2) is 5.40. The first-order valence-corrected chi connectivity index (χ1v) is 6.26. The largest absolute Gasteiger partial charge is 0.478 e. The molecular formula is C11H20BF3NO2-. The van der Waals surface area contributed by atoms with Gasteiger partial charge in [0.2, 0.25) is 0 Å². The molecule has 0 radical (unpaired) electrons. The average molecular weight is 266 g/mol. The van der Waals surface area contributed by atoms with Crippen molar-refractivity contribution in [3.8, 4) is 0 Å². The lowest BCUT2D eigenvalue weighted by molar-refractivity contribution is 0.0171. The molecule has 7 heteroatoms. The molecule has 1 aliphatic rings. The Kier molecular flexibility index (Phi) is 4.56. The molecule has 1 fully saturated rings. The summed E-state index contributed by atoms with van der Waals surface area (Å²) in [6.07, 6.45) is -0.141. The fourth-order valence-electron chi connectivity index (χ4n) is 2.13. The molecule has 3 nitrogen and oxygen atoms in total. The molecule has 0 bridgehead atoms.